The van der Waals surface area contributed by atoms with E-state index in [9.17, 15) is 4.79 Å². The Bertz CT molecular complexity index is 844. The molecule has 0 bridgehead atoms. The highest BCUT2D eigenvalue weighted by Crippen LogP contribution is 2.24. The molecule has 0 fully saturated rings. The summed E-state index contributed by atoms with van der Waals surface area (Å²) in [5.74, 6) is 1.26. The van der Waals surface area contributed by atoms with Gasteiger partial charge in [0.2, 0.25) is 11.1 Å². The maximum atomic E-state index is 12.5. The number of nitrogens with zero attached hydrogens (tertiary/aromatic N) is 3. The predicted molar refractivity (Wildman–Crippen MR) is 96.0 cm³/mol. The largest absolute Gasteiger partial charge is 0.337 e. The van der Waals surface area contributed by atoms with Crippen molar-refractivity contribution in [3.8, 4) is 10.7 Å². The van der Waals surface area contributed by atoms with Gasteiger partial charge in [0, 0.05) is 13.1 Å². The van der Waals surface area contributed by atoms with Crippen LogP contribution in [-0.4, -0.2) is 38.3 Å². The predicted octanol–water partition coefficient (Wildman–Crippen LogP) is 3.21. The lowest BCUT2D eigenvalue weighted by molar-refractivity contribution is -0.129. The molecule has 2 aromatic heterocycles. The third-order valence-corrected chi connectivity index (χ3v) is 5.74. The van der Waals surface area contributed by atoms with Gasteiger partial charge in [-0.1, -0.05) is 42.1 Å². The fourth-order valence-electron chi connectivity index (χ4n) is 2.76. The van der Waals surface area contributed by atoms with Crippen molar-refractivity contribution in [1.82, 2.24) is 20.1 Å². The Labute approximate surface area is 148 Å². The number of thioether (sulfide) groups is 1. The Hall–Kier alpha value is -2.12. The molecule has 1 aliphatic rings. The number of thiophene rings is 1. The van der Waals surface area contributed by atoms with Crippen molar-refractivity contribution in [1.29, 1.82) is 0 Å². The minimum atomic E-state index is 0.136. The molecule has 7 heteroatoms. The molecule has 0 radical (unpaired) electrons. The quantitative estimate of drug-likeness (QED) is 0.729. The number of nitrogens with one attached hydrogen (secondary N) is 1. The molecule has 5 nitrogen and oxygen atoms in total. The summed E-state index contributed by atoms with van der Waals surface area (Å²) in [5, 5.41) is 9.73. The molecule has 3 aromatic rings. The Morgan fingerprint density at radius 2 is 2.12 bits per heavy atom. The lowest BCUT2D eigenvalue weighted by atomic mass is 10.00. The Morgan fingerprint density at radius 1 is 1.25 bits per heavy atom. The molecular weight excluding hydrogens is 340 g/mol. The van der Waals surface area contributed by atoms with Crippen molar-refractivity contribution >= 4 is 29.0 Å². The summed E-state index contributed by atoms with van der Waals surface area (Å²) in [5.41, 5.74) is 2.60. The number of amides is 1. The highest BCUT2D eigenvalue weighted by Gasteiger charge is 2.20. The maximum absolute atomic E-state index is 12.5. The first-order valence-corrected chi connectivity index (χ1v) is 9.60. The number of carbonyl (C=O) groups is 1. The van der Waals surface area contributed by atoms with Crippen LogP contribution in [0.1, 0.15) is 11.1 Å². The van der Waals surface area contributed by atoms with Gasteiger partial charge in [0.15, 0.2) is 5.82 Å². The van der Waals surface area contributed by atoms with E-state index < -0.39 is 0 Å². The van der Waals surface area contributed by atoms with Crippen LogP contribution in [0.3, 0.4) is 0 Å². The van der Waals surface area contributed by atoms with Gasteiger partial charge >= 0.3 is 0 Å². The van der Waals surface area contributed by atoms with E-state index >= 15 is 0 Å². The zero-order valence-corrected chi connectivity index (χ0v) is 14.6. The number of H-pyrrole nitrogens is 1. The topological polar surface area (TPSA) is 61.9 Å². The Morgan fingerprint density at radius 3 is 2.96 bits per heavy atom. The molecule has 1 aliphatic heterocycles. The summed E-state index contributed by atoms with van der Waals surface area (Å²) in [4.78, 5) is 19.9. The molecule has 3 heterocycles. The molecular formula is C17H16N4OS2. The van der Waals surface area contributed by atoms with Crippen LogP contribution in [0.15, 0.2) is 46.9 Å². The minimum absolute atomic E-state index is 0.136. The number of benzene rings is 1. The molecule has 24 heavy (non-hydrogen) atoms. The third-order valence-electron chi connectivity index (χ3n) is 4.03. The summed E-state index contributed by atoms with van der Waals surface area (Å²) >= 11 is 2.99. The highest BCUT2D eigenvalue weighted by molar-refractivity contribution is 7.99. The summed E-state index contributed by atoms with van der Waals surface area (Å²) < 4.78 is 0. The van der Waals surface area contributed by atoms with E-state index in [2.05, 4.69) is 33.4 Å². The lowest BCUT2D eigenvalue weighted by Crippen LogP contribution is -2.37. The van der Waals surface area contributed by atoms with Crippen LogP contribution < -0.4 is 0 Å². The van der Waals surface area contributed by atoms with Crippen molar-refractivity contribution in [3.63, 3.8) is 0 Å². The van der Waals surface area contributed by atoms with Crippen LogP contribution in [-0.2, 0) is 17.8 Å². The first kappa shape index (κ1) is 15.4. The Kier molecular flexibility index (Phi) is 4.36. The molecule has 122 valence electrons. The number of rotatable bonds is 4. The molecule has 0 saturated heterocycles. The smallest absolute Gasteiger partial charge is 0.233 e. The van der Waals surface area contributed by atoms with Crippen molar-refractivity contribution < 1.29 is 4.79 Å². The normalized spacial score (nSPS) is 13.8. The molecule has 1 aromatic carbocycles. The monoisotopic (exact) mass is 356 g/mol. The van der Waals surface area contributed by atoms with Crippen molar-refractivity contribution in [2.75, 3.05) is 12.3 Å². The molecule has 0 saturated carbocycles. The van der Waals surface area contributed by atoms with Gasteiger partial charge < -0.3 is 4.90 Å². The van der Waals surface area contributed by atoms with Gasteiger partial charge in [-0.2, -0.15) is 0 Å². The third kappa shape index (κ3) is 3.22. The van der Waals surface area contributed by atoms with Crippen LogP contribution in [0.5, 0.6) is 0 Å². The zero-order chi connectivity index (χ0) is 16.4. The fourth-order valence-corrected chi connectivity index (χ4v) is 4.13. The molecule has 0 aliphatic carbocycles. The van der Waals surface area contributed by atoms with E-state index in [4.69, 9.17) is 0 Å². The summed E-state index contributed by atoms with van der Waals surface area (Å²) in [6.07, 6.45) is 0.926. The van der Waals surface area contributed by atoms with E-state index in [1.165, 1.54) is 22.9 Å². The number of hydrogen-bond acceptors (Lipinski definition) is 5. The maximum Gasteiger partial charge on any atom is 0.233 e. The van der Waals surface area contributed by atoms with Crippen molar-refractivity contribution in [2.24, 2.45) is 0 Å². The van der Waals surface area contributed by atoms with Crippen molar-refractivity contribution in [2.45, 2.75) is 18.1 Å². The number of hydrogen-bond donors (Lipinski definition) is 1. The van der Waals surface area contributed by atoms with E-state index in [0.29, 0.717) is 17.5 Å². The molecule has 0 atom stereocenters. The fraction of sp³-hybridized carbons (Fsp3) is 0.235. The average molecular weight is 356 g/mol. The van der Waals surface area contributed by atoms with E-state index in [1.54, 1.807) is 11.3 Å². The number of fused-ring (bicyclic) bond motifs is 1. The second-order valence-corrected chi connectivity index (χ2v) is 7.46. The lowest BCUT2D eigenvalue weighted by Gasteiger charge is -2.28. The first-order valence-electron chi connectivity index (χ1n) is 7.73. The minimum Gasteiger partial charge on any atom is -0.337 e. The van der Waals surface area contributed by atoms with E-state index in [1.807, 2.05) is 28.5 Å². The first-order chi connectivity index (χ1) is 11.8. The van der Waals surface area contributed by atoms with Gasteiger partial charge in [-0.15, -0.1) is 16.4 Å². The summed E-state index contributed by atoms with van der Waals surface area (Å²) in [6.45, 7) is 1.48. The van der Waals surface area contributed by atoms with E-state index in [-0.39, 0.29) is 5.91 Å². The second-order valence-electron chi connectivity index (χ2n) is 5.57. The van der Waals surface area contributed by atoms with Crippen LogP contribution in [0, 0.1) is 0 Å². The van der Waals surface area contributed by atoms with Gasteiger partial charge in [-0.25, -0.2) is 4.98 Å². The van der Waals surface area contributed by atoms with Gasteiger partial charge in [0.25, 0.3) is 0 Å². The van der Waals surface area contributed by atoms with Gasteiger partial charge in [-0.05, 0) is 29.0 Å². The Balaban J connectivity index is 1.36. The number of carbonyl (C=O) groups excluding carboxylic acids is 1. The summed E-state index contributed by atoms with van der Waals surface area (Å²) in [7, 11) is 0. The molecule has 0 unspecified atom stereocenters. The van der Waals surface area contributed by atoms with Gasteiger partial charge in [-0.3, -0.25) is 9.89 Å². The molecule has 4 rings (SSSR count). The highest BCUT2D eigenvalue weighted by atomic mass is 32.2. The second kappa shape index (κ2) is 6.78. The number of aromatic amines is 1. The average Bonchev–Trinajstić information content (AvgIpc) is 3.30. The van der Waals surface area contributed by atoms with Crippen LogP contribution in [0.25, 0.3) is 10.7 Å². The van der Waals surface area contributed by atoms with Gasteiger partial charge in [0.1, 0.15) is 0 Å². The molecule has 0 spiro atoms. The number of aromatic nitrogens is 3. The standard InChI is InChI=1S/C17H16N4OS2/c22-15(21-8-7-12-4-1-2-5-13(12)10-21)11-24-17-18-16(19-20-17)14-6-3-9-23-14/h1-6,9H,7-8,10-11H2,(H,18,19,20). The summed E-state index contributed by atoms with van der Waals surface area (Å²) in [6, 6.07) is 12.3. The molecule has 1 N–H and O–H groups in total. The SMILES string of the molecule is O=C(CSc1n[nH]c(-c2cccs2)n1)N1CCc2ccccc2C1. The zero-order valence-electron chi connectivity index (χ0n) is 12.9. The molecule has 1 amide bonds. The van der Waals surface area contributed by atoms with Gasteiger partial charge in [0.05, 0.1) is 10.6 Å². The van der Waals surface area contributed by atoms with E-state index in [0.717, 1.165) is 23.7 Å². The van der Waals surface area contributed by atoms with Crippen molar-refractivity contribution in [3.05, 3.63) is 52.9 Å². The van der Waals surface area contributed by atoms with Crippen LogP contribution in [0.2, 0.25) is 0 Å². The van der Waals surface area contributed by atoms with Crippen LogP contribution >= 0.6 is 23.1 Å². The van der Waals surface area contributed by atoms with Crippen LogP contribution in [0.4, 0.5) is 0 Å².